The zero-order valence-corrected chi connectivity index (χ0v) is 12.5. The third-order valence-corrected chi connectivity index (χ3v) is 4.14. The number of hydrogen-bond donors (Lipinski definition) is 1. The summed E-state index contributed by atoms with van der Waals surface area (Å²) >= 11 is 6.26. The van der Waals surface area contributed by atoms with Crippen molar-refractivity contribution in [2.45, 2.75) is 18.9 Å². The van der Waals surface area contributed by atoms with Crippen molar-refractivity contribution in [1.82, 2.24) is 0 Å². The van der Waals surface area contributed by atoms with Gasteiger partial charge in [0, 0.05) is 6.07 Å². The van der Waals surface area contributed by atoms with E-state index in [4.69, 9.17) is 16.3 Å². The van der Waals surface area contributed by atoms with E-state index in [0.29, 0.717) is 10.9 Å². The van der Waals surface area contributed by atoms with Crippen molar-refractivity contribution in [1.29, 1.82) is 0 Å². The minimum Gasteiger partial charge on any atom is -0.497 e. The maximum absolute atomic E-state index is 13.1. The van der Waals surface area contributed by atoms with Gasteiger partial charge < -0.3 is 10.1 Å². The molecule has 1 N–H and O–H groups in total. The number of hydrogen-bond acceptors (Lipinski definition) is 2. The van der Waals surface area contributed by atoms with Crippen molar-refractivity contribution in [3.63, 3.8) is 0 Å². The van der Waals surface area contributed by atoms with Crippen LogP contribution in [-0.2, 0) is 0 Å². The van der Waals surface area contributed by atoms with Gasteiger partial charge in [-0.3, -0.25) is 0 Å². The van der Waals surface area contributed by atoms with Gasteiger partial charge in [-0.1, -0.05) is 23.7 Å². The monoisotopic (exact) mass is 305 g/mol. The fourth-order valence-corrected chi connectivity index (χ4v) is 2.65. The summed E-state index contributed by atoms with van der Waals surface area (Å²) < 4.78 is 18.3. The van der Waals surface area contributed by atoms with Crippen LogP contribution in [0, 0.1) is 11.7 Å². The molecule has 0 amide bonds. The average Bonchev–Trinajstić information content (AvgIpc) is 3.32. The molecule has 2 aromatic carbocycles. The molecule has 0 spiro atoms. The minimum absolute atomic E-state index is 0.148. The summed E-state index contributed by atoms with van der Waals surface area (Å²) in [5, 5.41) is 4.14. The number of methoxy groups -OCH3 is 1. The summed E-state index contributed by atoms with van der Waals surface area (Å²) in [5.41, 5.74) is 1.93. The van der Waals surface area contributed by atoms with Crippen LogP contribution in [0.5, 0.6) is 5.75 Å². The van der Waals surface area contributed by atoms with Gasteiger partial charge in [0.2, 0.25) is 0 Å². The molecule has 110 valence electrons. The van der Waals surface area contributed by atoms with Crippen molar-refractivity contribution in [3.8, 4) is 5.75 Å². The van der Waals surface area contributed by atoms with Crippen LogP contribution in [0.15, 0.2) is 42.5 Å². The Morgan fingerprint density at radius 2 is 1.90 bits per heavy atom. The lowest BCUT2D eigenvalue weighted by Gasteiger charge is -2.21. The number of benzene rings is 2. The highest BCUT2D eigenvalue weighted by Crippen LogP contribution is 2.44. The van der Waals surface area contributed by atoms with Crippen LogP contribution >= 0.6 is 11.6 Å². The highest BCUT2D eigenvalue weighted by molar-refractivity contribution is 6.33. The van der Waals surface area contributed by atoms with E-state index in [1.807, 2.05) is 30.3 Å². The summed E-state index contributed by atoms with van der Waals surface area (Å²) in [7, 11) is 1.63. The highest BCUT2D eigenvalue weighted by Gasteiger charge is 2.32. The zero-order valence-electron chi connectivity index (χ0n) is 11.8. The van der Waals surface area contributed by atoms with E-state index in [1.54, 1.807) is 7.11 Å². The Hall–Kier alpha value is -1.74. The molecule has 4 heteroatoms. The molecule has 1 saturated carbocycles. The molecule has 1 atom stereocenters. The lowest BCUT2D eigenvalue weighted by molar-refractivity contribution is 0.415. The Morgan fingerprint density at radius 3 is 2.52 bits per heavy atom. The average molecular weight is 306 g/mol. The van der Waals surface area contributed by atoms with Crippen LogP contribution in [0.4, 0.5) is 10.1 Å². The number of rotatable bonds is 5. The van der Waals surface area contributed by atoms with E-state index >= 15 is 0 Å². The Balaban J connectivity index is 1.87. The second-order valence-electron chi connectivity index (χ2n) is 5.36. The smallest absolute Gasteiger partial charge is 0.123 e. The summed E-state index contributed by atoms with van der Waals surface area (Å²) in [6.45, 7) is 0. The molecular weight excluding hydrogens is 289 g/mol. The number of ether oxygens (including phenoxy) is 1. The van der Waals surface area contributed by atoms with Crippen molar-refractivity contribution >= 4 is 17.3 Å². The number of halogens is 2. The molecule has 0 saturated heterocycles. The van der Waals surface area contributed by atoms with Gasteiger partial charge >= 0.3 is 0 Å². The number of nitrogens with one attached hydrogen (secondary N) is 1. The molecule has 0 radical (unpaired) electrons. The normalized spacial score (nSPS) is 15.6. The van der Waals surface area contributed by atoms with Gasteiger partial charge in [-0.05, 0) is 48.6 Å². The zero-order chi connectivity index (χ0) is 14.8. The second-order valence-corrected chi connectivity index (χ2v) is 5.76. The summed E-state index contributed by atoms with van der Waals surface area (Å²) in [6.07, 6.45) is 2.35. The molecule has 2 nitrogen and oxygen atoms in total. The molecular formula is C17H17ClFNO. The quantitative estimate of drug-likeness (QED) is 0.834. The topological polar surface area (TPSA) is 21.3 Å². The first-order valence-corrected chi connectivity index (χ1v) is 7.40. The Bertz CT molecular complexity index is 625. The van der Waals surface area contributed by atoms with Crippen molar-refractivity contribution in [2.24, 2.45) is 5.92 Å². The van der Waals surface area contributed by atoms with Crippen LogP contribution < -0.4 is 10.1 Å². The molecule has 0 aliphatic heterocycles. The van der Waals surface area contributed by atoms with Gasteiger partial charge in [0.05, 0.1) is 23.9 Å². The molecule has 1 fully saturated rings. The first kappa shape index (κ1) is 14.2. The fraction of sp³-hybridized carbons (Fsp3) is 0.294. The lowest BCUT2D eigenvalue weighted by atomic mass is 10.0. The summed E-state index contributed by atoms with van der Waals surface area (Å²) in [4.78, 5) is 0. The van der Waals surface area contributed by atoms with Gasteiger partial charge in [0.1, 0.15) is 11.6 Å². The molecule has 1 aliphatic carbocycles. The molecule has 3 rings (SSSR count). The van der Waals surface area contributed by atoms with E-state index in [2.05, 4.69) is 5.32 Å². The predicted octanol–water partition coefficient (Wildman–Crippen LogP) is 5.05. The molecule has 21 heavy (non-hydrogen) atoms. The Morgan fingerprint density at radius 1 is 1.19 bits per heavy atom. The van der Waals surface area contributed by atoms with Crippen LogP contribution in [0.25, 0.3) is 0 Å². The van der Waals surface area contributed by atoms with Crippen LogP contribution in [0.3, 0.4) is 0 Å². The van der Waals surface area contributed by atoms with Gasteiger partial charge in [-0.25, -0.2) is 4.39 Å². The molecule has 1 unspecified atom stereocenters. The van der Waals surface area contributed by atoms with Gasteiger partial charge in [-0.2, -0.15) is 0 Å². The summed E-state index contributed by atoms with van der Waals surface area (Å²) in [6, 6.07) is 12.4. The predicted molar refractivity (Wildman–Crippen MR) is 83.5 cm³/mol. The van der Waals surface area contributed by atoms with Crippen molar-refractivity contribution in [3.05, 3.63) is 58.9 Å². The van der Waals surface area contributed by atoms with Gasteiger partial charge in [0.25, 0.3) is 0 Å². The largest absolute Gasteiger partial charge is 0.497 e. The molecule has 0 heterocycles. The van der Waals surface area contributed by atoms with E-state index in [-0.39, 0.29) is 11.9 Å². The molecule has 2 aromatic rings. The molecule has 0 aromatic heterocycles. The third-order valence-electron chi connectivity index (χ3n) is 3.81. The maximum atomic E-state index is 13.1. The first-order valence-electron chi connectivity index (χ1n) is 7.03. The SMILES string of the molecule is COc1ccc(Cl)c(NC(c2ccc(F)cc2)C2CC2)c1. The van der Waals surface area contributed by atoms with E-state index < -0.39 is 0 Å². The molecule has 0 bridgehead atoms. The fourth-order valence-electron chi connectivity index (χ4n) is 2.48. The van der Waals surface area contributed by atoms with E-state index in [9.17, 15) is 4.39 Å². The third kappa shape index (κ3) is 3.30. The van der Waals surface area contributed by atoms with Crippen molar-refractivity contribution < 1.29 is 9.13 Å². The minimum atomic E-state index is -0.215. The Labute approximate surface area is 128 Å². The van der Waals surface area contributed by atoms with E-state index in [1.165, 1.54) is 25.0 Å². The van der Waals surface area contributed by atoms with E-state index in [0.717, 1.165) is 17.0 Å². The maximum Gasteiger partial charge on any atom is 0.123 e. The van der Waals surface area contributed by atoms with Crippen molar-refractivity contribution in [2.75, 3.05) is 12.4 Å². The Kier molecular flexibility index (Phi) is 4.02. The first-order chi connectivity index (χ1) is 10.2. The number of anilines is 1. The lowest BCUT2D eigenvalue weighted by Crippen LogP contribution is -2.13. The highest BCUT2D eigenvalue weighted by atomic mass is 35.5. The van der Waals surface area contributed by atoms with Gasteiger partial charge in [0.15, 0.2) is 0 Å². The standard InChI is InChI=1S/C17H17ClFNO/c1-21-14-8-9-15(18)16(10-14)20-17(11-2-3-11)12-4-6-13(19)7-5-12/h4-11,17,20H,2-3H2,1H3. The van der Waals surface area contributed by atoms with Crippen LogP contribution in [-0.4, -0.2) is 7.11 Å². The molecule has 1 aliphatic rings. The summed E-state index contributed by atoms with van der Waals surface area (Å²) in [5.74, 6) is 1.11. The van der Waals surface area contributed by atoms with Gasteiger partial charge in [-0.15, -0.1) is 0 Å². The van der Waals surface area contributed by atoms with Crippen LogP contribution in [0.2, 0.25) is 5.02 Å². The second kappa shape index (κ2) is 5.94. The van der Waals surface area contributed by atoms with Crippen LogP contribution in [0.1, 0.15) is 24.4 Å².